The fourth-order valence-corrected chi connectivity index (χ4v) is 1.56. The van der Waals surface area contributed by atoms with Crippen molar-refractivity contribution in [3.63, 3.8) is 0 Å². The number of aryl methyl sites for hydroxylation is 1. The van der Waals surface area contributed by atoms with Crippen molar-refractivity contribution in [2.24, 2.45) is 0 Å². The monoisotopic (exact) mass is 245 g/mol. The Labute approximate surface area is 106 Å². The molecule has 4 nitrogen and oxygen atoms in total. The molecule has 0 radical (unpaired) electrons. The molecule has 0 aliphatic carbocycles. The Morgan fingerprint density at radius 2 is 2.11 bits per heavy atom. The molecule has 2 rings (SSSR count). The highest BCUT2D eigenvalue weighted by Gasteiger charge is 2.07. The van der Waals surface area contributed by atoms with Gasteiger partial charge in [0.2, 0.25) is 0 Å². The molecule has 1 heterocycles. The molecule has 0 unspecified atom stereocenters. The van der Waals surface area contributed by atoms with E-state index in [2.05, 4.69) is 5.32 Å². The van der Waals surface area contributed by atoms with Crippen molar-refractivity contribution in [3.05, 3.63) is 53.5 Å². The van der Waals surface area contributed by atoms with Gasteiger partial charge in [-0.05, 0) is 43.2 Å². The molecule has 18 heavy (non-hydrogen) atoms. The van der Waals surface area contributed by atoms with E-state index in [9.17, 15) is 4.79 Å². The minimum atomic E-state index is -0.486. The molecule has 0 aliphatic rings. The van der Waals surface area contributed by atoms with Gasteiger partial charge in [0.1, 0.15) is 5.76 Å². The zero-order chi connectivity index (χ0) is 13.0. The van der Waals surface area contributed by atoms with E-state index in [1.165, 1.54) is 0 Å². The van der Waals surface area contributed by atoms with Crippen molar-refractivity contribution in [1.29, 1.82) is 0 Å². The Bertz CT molecular complexity index is 532. The highest BCUT2D eigenvalue weighted by molar-refractivity contribution is 5.85. The predicted octanol–water partition coefficient (Wildman–Crippen LogP) is 3.65. The van der Waals surface area contributed by atoms with Crippen LogP contribution in [0.4, 0.5) is 10.5 Å². The predicted molar refractivity (Wildman–Crippen MR) is 68.4 cm³/mol. The second kappa shape index (κ2) is 5.40. The number of anilines is 1. The summed E-state index contributed by atoms with van der Waals surface area (Å²) >= 11 is 0. The molecule has 0 atom stereocenters. The molecule has 1 aromatic carbocycles. The number of furan rings is 1. The van der Waals surface area contributed by atoms with Crippen LogP contribution in [-0.2, 0) is 11.3 Å². The lowest BCUT2D eigenvalue weighted by molar-refractivity contribution is 0.146. The highest BCUT2D eigenvalue weighted by Crippen LogP contribution is 2.18. The first kappa shape index (κ1) is 12.2. The molecular weight excluding hydrogens is 230 g/mol. The van der Waals surface area contributed by atoms with Gasteiger partial charge in [-0.1, -0.05) is 12.1 Å². The van der Waals surface area contributed by atoms with Crippen LogP contribution in [0.2, 0.25) is 0 Å². The third kappa shape index (κ3) is 2.91. The molecule has 0 spiro atoms. The molecule has 1 N–H and O–H groups in total. The van der Waals surface area contributed by atoms with Crippen LogP contribution in [0.15, 0.2) is 41.0 Å². The molecule has 1 amide bonds. The van der Waals surface area contributed by atoms with E-state index in [4.69, 9.17) is 9.15 Å². The summed E-state index contributed by atoms with van der Waals surface area (Å²) in [4.78, 5) is 11.6. The number of amides is 1. The second-order valence-corrected chi connectivity index (χ2v) is 4.03. The summed E-state index contributed by atoms with van der Waals surface area (Å²) in [6.07, 6.45) is 1.06. The zero-order valence-electron chi connectivity index (χ0n) is 10.4. The SMILES string of the molecule is Cc1cccc(NC(=O)OCc2ccco2)c1C. The van der Waals surface area contributed by atoms with Gasteiger partial charge in [-0.15, -0.1) is 0 Å². The van der Waals surface area contributed by atoms with Crippen LogP contribution in [0.3, 0.4) is 0 Å². The van der Waals surface area contributed by atoms with E-state index in [1.54, 1.807) is 18.4 Å². The lowest BCUT2D eigenvalue weighted by Crippen LogP contribution is -2.14. The standard InChI is InChI=1S/C14H15NO3/c1-10-5-3-7-13(11(10)2)15-14(16)18-9-12-6-4-8-17-12/h3-8H,9H2,1-2H3,(H,15,16). The molecule has 4 heteroatoms. The third-order valence-electron chi connectivity index (χ3n) is 2.77. The van der Waals surface area contributed by atoms with Crippen LogP contribution in [0, 0.1) is 13.8 Å². The summed E-state index contributed by atoms with van der Waals surface area (Å²) in [5, 5.41) is 2.71. The number of carbonyl (C=O) groups is 1. The van der Waals surface area contributed by atoms with Crippen molar-refractivity contribution in [2.45, 2.75) is 20.5 Å². The molecule has 0 fully saturated rings. The van der Waals surface area contributed by atoms with Crippen molar-refractivity contribution in [2.75, 3.05) is 5.32 Å². The smallest absolute Gasteiger partial charge is 0.412 e. The summed E-state index contributed by atoms with van der Waals surface area (Å²) in [6.45, 7) is 4.08. The molecule has 1 aromatic heterocycles. The van der Waals surface area contributed by atoms with E-state index >= 15 is 0 Å². The van der Waals surface area contributed by atoms with Gasteiger partial charge in [0.05, 0.1) is 6.26 Å². The number of rotatable bonds is 3. The number of benzene rings is 1. The van der Waals surface area contributed by atoms with Crippen molar-refractivity contribution in [1.82, 2.24) is 0 Å². The van der Waals surface area contributed by atoms with E-state index in [0.717, 1.165) is 16.8 Å². The van der Waals surface area contributed by atoms with Crippen LogP contribution >= 0.6 is 0 Å². The molecule has 2 aromatic rings. The van der Waals surface area contributed by atoms with Gasteiger partial charge in [-0.3, -0.25) is 5.32 Å². The third-order valence-corrected chi connectivity index (χ3v) is 2.77. The first-order valence-corrected chi connectivity index (χ1v) is 5.69. The molecule has 0 aliphatic heterocycles. The van der Waals surface area contributed by atoms with E-state index in [1.807, 2.05) is 32.0 Å². The second-order valence-electron chi connectivity index (χ2n) is 4.03. The van der Waals surface area contributed by atoms with Crippen LogP contribution in [0.1, 0.15) is 16.9 Å². The Morgan fingerprint density at radius 1 is 1.28 bits per heavy atom. The Morgan fingerprint density at radius 3 is 2.83 bits per heavy atom. The summed E-state index contributed by atoms with van der Waals surface area (Å²) in [6, 6.07) is 9.24. The minimum absolute atomic E-state index is 0.129. The van der Waals surface area contributed by atoms with Gasteiger partial charge in [-0.25, -0.2) is 4.79 Å². The topological polar surface area (TPSA) is 51.5 Å². The van der Waals surface area contributed by atoms with Crippen LogP contribution < -0.4 is 5.32 Å². The van der Waals surface area contributed by atoms with Gasteiger partial charge in [0.25, 0.3) is 0 Å². The minimum Gasteiger partial charge on any atom is -0.466 e. The summed E-state index contributed by atoms with van der Waals surface area (Å²) < 4.78 is 10.1. The number of ether oxygens (including phenoxy) is 1. The van der Waals surface area contributed by atoms with Crippen LogP contribution in [0.25, 0.3) is 0 Å². The maximum absolute atomic E-state index is 11.6. The van der Waals surface area contributed by atoms with E-state index in [0.29, 0.717) is 5.76 Å². The maximum Gasteiger partial charge on any atom is 0.412 e. The quantitative estimate of drug-likeness (QED) is 0.898. The fourth-order valence-electron chi connectivity index (χ4n) is 1.56. The molecule has 0 bridgehead atoms. The van der Waals surface area contributed by atoms with Gasteiger partial charge in [0, 0.05) is 5.69 Å². The summed E-state index contributed by atoms with van der Waals surface area (Å²) in [5.74, 6) is 0.617. The fraction of sp³-hybridized carbons (Fsp3) is 0.214. The first-order valence-electron chi connectivity index (χ1n) is 5.69. The highest BCUT2D eigenvalue weighted by atomic mass is 16.6. The average molecular weight is 245 g/mol. The summed E-state index contributed by atoms with van der Waals surface area (Å²) in [7, 11) is 0. The number of hydrogen-bond donors (Lipinski definition) is 1. The van der Waals surface area contributed by atoms with E-state index in [-0.39, 0.29) is 6.61 Å². The normalized spacial score (nSPS) is 10.1. The lowest BCUT2D eigenvalue weighted by Gasteiger charge is -2.10. The van der Waals surface area contributed by atoms with Crippen LogP contribution in [-0.4, -0.2) is 6.09 Å². The Kier molecular flexibility index (Phi) is 3.67. The lowest BCUT2D eigenvalue weighted by atomic mass is 10.1. The molecule has 94 valence electrons. The zero-order valence-corrected chi connectivity index (χ0v) is 10.4. The largest absolute Gasteiger partial charge is 0.466 e. The van der Waals surface area contributed by atoms with Crippen molar-refractivity contribution >= 4 is 11.8 Å². The number of nitrogens with one attached hydrogen (secondary N) is 1. The van der Waals surface area contributed by atoms with Crippen molar-refractivity contribution in [3.8, 4) is 0 Å². The van der Waals surface area contributed by atoms with Crippen LogP contribution in [0.5, 0.6) is 0 Å². The Balaban J connectivity index is 1.93. The average Bonchev–Trinajstić information content (AvgIpc) is 2.86. The number of carbonyl (C=O) groups excluding carboxylic acids is 1. The molecule has 0 saturated heterocycles. The molecule has 0 saturated carbocycles. The first-order chi connectivity index (χ1) is 8.66. The van der Waals surface area contributed by atoms with Crippen molar-refractivity contribution < 1.29 is 13.9 Å². The van der Waals surface area contributed by atoms with Gasteiger partial charge in [-0.2, -0.15) is 0 Å². The maximum atomic E-state index is 11.6. The van der Waals surface area contributed by atoms with E-state index < -0.39 is 6.09 Å². The van der Waals surface area contributed by atoms with Gasteiger partial charge >= 0.3 is 6.09 Å². The number of hydrogen-bond acceptors (Lipinski definition) is 3. The summed E-state index contributed by atoms with van der Waals surface area (Å²) in [5.41, 5.74) is 2.92. The van der Waals surface area contributed by atoms with Gasteiger partial charge in [0.15, 0.2) is 6.61 Å². The molecular formula is C14H15NO3. The Hall–Kier alpha value is -2.23. The van der Waals surface area contributed by atoms with Gasteiger partial charge < -0.3 is 9.15 Å².